The Morgan fingerprint density at radius 1 is 1.36 bits per heavy atom. The molecule has 1 aliphatic rings. The summed E-state index contributed by atoms with van der Waals surface area (Å²) in [4.78, 5) is 10.9. The highest BCUT2D eigenvalue weighted by atomic mass is 19.1. The molecule has 1 unspecified atom stereocenters. The molecule has 1 aliphatic heterocycles. The van der Waals surface area contributed by atoms with Gasteiger partial charge in [0.15, 0.2) is 0 Å². The molecule has 2 rings (SSSR count). The first-order valence-electron chi connectivity index (χ1n) is 4.38. The Morgan fingerprint density at radius 3 is 2.71 bits per heavy atom. The highest BCUT2D eigenvalue weighted by Crippen LogP contribution is 2.25. The molecular formula is C10H9F2NO. The summed E-state index contributed by atoms with van der Waals surface area (Å²) in [5.41, 5.74) is 0.407. The van der Waals surface area contributed by atoms with Gasteiger partial charge in [0.05, 0.1) is 0 Å². The van der Waals surface area contributed by atoms with E-state index in [1.807, 2.05) is 0 Å². The molecule has 0 radical (unpaired) electrons. The lowest BCUT2D eigenvalue weighted by Gasteiger charge is -2.08. The Bertz CT molecular complexity index is 378. The van der Waals surface area contributed by atoms with Crippen molar-refractivity contribution in [2.75, 3.05) is 6.54 Å². The Morgan fingerprint density at radius 2 is 2.14 bits per heavy atom. The van der Waals surface area contributed by atoms with E-state index in [-0.39, 0.29) is 18.2 Å². The monoisotopic (exact) mass is 197 g/mol. The van der Waals surface area contributed by atoms with Gasteiger partial charge in [0.2, 0.25) is 5.91 Å². The largest absolute Gasteiger partial charge is 0.355 e. The maximum atomic E-state index is 13.3. The quantitative estimate of drug-likeness (QED) is 0.727. The van der Waals surface area contributed by atoms with E-state index in [1.165, 1.54) is 12.1 Å². The number of benzene rings is 1. The van der Waals surface area contributed by atoms with Crippen molar-refractivity contribution in [1.29, 1.82) is 0 Å². The molecule has 0 aliphatic carbocycles. The van der Waals surface area contributed by atoms with E-state index in [9.17, 15) is 13.6 Å². The molecule has 2 nitrogen and oxygen atoms in total. The van der Waals surface area contributed by atoms with Crippen LogP contribution in [0.15, 0.2) is 18.2 Å². The van der Waals surface area contributed by atoms with Gasteiger partial charge in [-0.2, -0.15) is 0 Å². The van der Waals surface area contributed by atoms with Crippen LogP contribution < -0.4 is 5.32 Å². The molecule has 1 N–H and O–H groups in total. The number of halogens is 2. The van der Waals surface area contributed by atoms with E-state index in [0.29, 0.717) is 12.1 Å². The topological polar surface area (TPSA) is 29.1 Å². The minimum Gasteiger partial charge on any atom is -0.355 e. The van der Waals surface area contributed by atoms with Crippen molar-refractivity contribution >= 4 is 5.91 Å². The molecule has 4 heteroatoms. The molecule has 1 aromatic carbocycles. The van der Waals surface area contributed by atoms with Gasteiger partial charge in [0.1, 0.15) is 11.6 Å². The number of nitrogens with one attached hydrogen (secondary N) is 1. The standard InChI is InChI=1S/C10H9F2NO/c11-7-1-2-8(9(12)4-7)6-3-10(14)13-5-6/h1-2,4,6H,3,5H2,(H,13,14). The van der Waals surface area contributed by atoms with Crippen molar-refractivity contribution in [3.63, 3.8) is 0 Å². The number of carbonyl (C=O) groups is 1. The third-order valence-corrected chi connectivity index (χ3v) is 2.38. The zero-order chi connectivity index (χ0) is 10.1. The third-order valence-electron chi connectivity index (χ3n) is 2.38. The van der Waals surface area contributed by atoms with Crippen LogP contribution in [-0.4, -0.2) is 12.5 Å². The van der Waals surface area contributed by atoms with E-state index in [2.05, 4.69) is 5.32 Å². The zero-order valence-corrected chi connectivity index (χ0v) is 7.39. The Balaban J connectivity index is 2.28. The highest BCUT2D eigenvalue weighted by Gasteiger charge is 2.25. The third kappa shape index (κ3) is 1.60. The lowest BCUT2D eigenvalue weighted by molar-refractivity contribution is -0.119. The molecular weight excluding hydrogens is 188 g/mol. The van der Waals surface area contributed by atoms with E-state index < -0.39 is 11.6 Å². The van der Waals surface area contributed by atoms with Crippen molar-refractivity contribution in [2.45, 2.75) is 12.3 Å². The van der Waals surface area contributed by atoms with Crippen LogP contribution in [0.25, 0.3) is 0 Å². The first-order chi connectivity index (χ1) is 6.66. The Kier molecular flexibility index (Phi) is 2.19. The number of carbonyl (C=O) groups excluding carboxylic acids is 1. The summed E-state index contributed by atoms with van der Waals surface area (Å²) in [6.07, 6.45) is 0.280. The molecule has 14 heavy (non-hydrogen) atoms. The summed E-state index contributed by atoms with van der Waals surface area (Å²) in [7, 11) is 0. The van der Waals surface area contributed by atoms with Crippen LogP contribution in [0.3, 0.4) is 0 Å². The smallest absolute Gasteiger partial charge is 0.220 e. The maximum absolute atomic E-state index is 13.3. The van der Waals surface area contributed by atoms with Gasteiger partial charge in [-0.3, -0.25) is 4.79 Å². The molecule has 1 amide bonds. The van der Waals surface area contributed by atoms with Crippen LogP contribution in [0.2, 0.25) is 0 Å². The van der Waals surface area contributed by atoms with Crippen LogP contribution in [0.5, 0.6) is 0 Å². The van der Waals surface area contributed by atoms with Crippen LogP contribution in [0.4, 0.5) is 8.78 Å². The van der Waals surface area contributed by atoms with Crippen molar-refractivity contribution in [1.82, 2.24) is 5.32 Å². The summed E-state index contributed by atoms with van der Waals surface area (Å²) in [6.45, 7) is 0.432. The van der Waals surface area contributed by atoms with Crippen molar-refractivity contribution < 1.29 is 13.6 Å². The Hall–Kier alpha value is -1.45. The van der Waals surface area contributed by atoms with E-state index in [4.69, 9.17) is 0 Å². The van der Waals surface area contributed by atoms with Gasteiger partial charge in [-0.25, -0.2) is 8.78 Å². The average Bonchev–Trinajstić information content (AvgIpc) is 2.51. The highest BCUT2D eigenvalue weighted by molar-refractivity contribution is 5.79. The van der Waals surface area contributed by atoms with Crippen LogP contribution in [0, 0.1) is 11.6 Å². The molecule has 1 fully saturated rings. The fourth-order valence-electron chi connectivity index (χ4n) is 1.66. The van der Waals surface area contributed by atoms with Crippen LogP contribution in [-0.2, 0) is 4.79 Å². The molecule has 1 aromatic rings. The summed E-state index contributed by atoms with van der Waals surface area (Å²) < 4.78 is 25.8. The minimum atomic E-state index is -0.594. The van der Waals surface area contributed by atoms with E-state index >= 15 is 0 Å². The molecule has 74 valence electrons. The lowest BCUT2D eigenvalue weighted by atomic mass is 9.98. The number of hydrogen-bond donors (Lipinski definition) is 1. The SMILES string of the molecule is O=C1CC(c2ccc(F)cc2F)CN1. The first kappa shape index (κ1) is 9.12. The van der Waals surface area contributed by atoms with Gasteiger partial charge in [-0.05, 0) is 11.6 Å². The summed E-state index contributed by atoms with van der Waals surface area (Å²) >= 11 is 0. The number of amides is 1. The summed E-state index contributed by atoms with van der Waals surface area (Å²) in [5.74, 6) is -1.42. The molecule has 0 bridgehead atoms. The van der Waals surface area contributed by atoms with Crippen molar-refractivity contribution in [2.24, 2.45) is 0 Å². The fraction of sp³-hybridized carbons (Fsp3) is 0.300. The van der Waals surface area contributed by atoms with Crippen LogP contribution >= 0.6 is 0 Å². The fourth-order valence-corrected chi connectivity index (χ4v) is 1.66. The van der Waals surface area contributed by atoms with Crippen molar-refractivity contribution in [3.05, 3.63) is 35.4 Å². The van der Waals surface area contributed by atoms with Gasteiger partial charge in [0, 0.05) is 24.9 Å². The molecule has 0 aromatic heterocycles. The molecule has 1 atom stereocenters. The van der Waals surface area contributed by atoms with Gasteiger partial charge in [-0.15, -0.1) is 0 Å². The Labute approximate surface area is 79.9 Å². The second-order valence-corrected chi connectivity index (χ2v) is 3.37. The molecule has 1 saturated heterocycles. The molecule has 1 heterocycles. The van der Waals surface area contributed by atoms with E-state index in [1.54, 1.807) is 0 Å². The van der Waals surface area contributed by atoms with Gasteiger partial charge < -0.3 is 5.32 Å². The number of rotatable bonds is 1. The normalized spacial score (nSPS) is 21.0. The minimum absolute atomic E-state index is 0.0845. The summed E-state index contributed by atoms with van der Waals surface area (Å²) in [5, 5.41) is 2.61. The predicted octanol–water partition coefficient (Wildman–Crippen LogP) is 1.57. The number of hydrogen-bond acceptors (Lipinski definition) is 1. The lowest BCUT2D eigenvalue weighted by Crippen LogP contribution is -2.13. The van der Waals surface area contributed by atoms with Crippen LogP contribution in [0.1, 0.15) is 17.9 Å². The first-order valence-corrected chi connectivity index (χ1v) is 4.38. The summed E-state index contributed by atoms with van der Waals surface area (Å²) in [6, 6.07) is 3.45. The zero-order valence-electron chi connectivity index (χ0n) is 7.39. The van der Waals surface area contributed by atoms with Gasteiger partial charge >= 0.3 is 0 Å². The average molecular weight is 197 g/mol. The van der Waals surface area contributed by atoms with Gasteiger partial charge in [0.25, 0.3) is 0 Å². The maximum Gasteiger partial charge on any atom is 0.220 e. The van der Waals surface area contributed by atoms with Gasteiger partial charge in [-0.1, -0.05) is 6.07 Å². The second kappa shape index (κ2) is 3.36. The van der Waals surface area contributed by atoms with E-state index in [0.717, 1.165) is 6.07 Å². The second-order valence-electron chi connectivity index (χ2n) is 3.37. The molecule has 0 saturated carbocycles. The molecule has 0 spiro atoms. The van der Waals surface area contributed by atoms with Crippen molar-refractivity contribution in [3.8, 4) is 0 Å². The predicted molar refractivity (Wildman–Crippen MR) is 46.7 cm³/mol.